The Kier molecular flexibility index (Phi) is 6.75. The molecule has 0 amide bonds. The third-order valence-corrected chi connectivity index (χ3v) is 6.23. The predicted octanol–water partition coefficient (Wildman–Crippen LogP) is 6.40. The van der Waals surface area contributed by atoms with Crippen molar-refractivity contribution in [2.45, 2.75) is 89.9 Å². The second kappa shape index (κ2) is 9.02. The molecule has 0 spiro atoms. The standard InChI is InChI=1S/C22H34N2S/c1-3-4-13-23-22(25)24-21-19(17-9-5-6-10-17)14-16(2)15-20(21)18-11-7-8-12-18/h14-15,17-18H,3-13H2,1-2H3,(H2,23,24,25). The molecule has 2 aliphatic carbocycles. The van der Waals surface area contributed by atoms with Crippen LogP contribution in [0.5, 0.6) is 0 Å². The SMILES string of the molecule is CCCCNC(=S)Nc1c(C2CCCC2)cc(C)cc1C1CCCC1. The number of benzene rings is 1. The second-order valence-electron chi connectivity index (χ2n) is 8.02. The molecule has 0 radical (unpaired) electrons. The van der Waals surface area contributed by atoms with Crippen molar-refractivity contribution in [1.82, 2.24) is 5.32 Å². The maximum absolute atomic E-state index is 5.63. The molecule has 3 heteroatoms. The first-order chi connectivity index (χ1) is 12.2. The van der Waals surface area contributed by atoms with Gasteiger partial charge in [0.15, 0.2) is 5.11 Å². The highest BCUT2D eigenvalue weighted by Gasteiger charge is 2.26. The van der Waals surface area contributed by atoms with E-state index in [1.165, 1.54) is 86.6 Å². The zero-order valence-electron chi connectivity index (χ0n) is 16.0. The van der Waals surface area contributed by atoms with Crippen molar-refractivity contribution in [2.24, 2.45) is 0 Å². The zero-order valence-corrected chi connectivity index (χ0v) is 16.8. The fraction of sp³-hybridized carbons (Fsp3) is 0.682. The largest absolute Gasteiger partial charge is 0.362 e. The van der Waals surface area contributed by atoms with E-state index in [0.717, 1.165) is 11.7 Å². The Balaban J connectivity index is 1.88. The van der Waals surface area contributed by atoms with Crippen LogP contribution in [0, 0.1) is 6.92 Å². The van der Waals surface area contributed by atoms with Gasteiger partial charge in [0.2, 0.25) is 0 Å². The summed E-state index contributed by atoms with van der Waals surface area (Å²) in [7, 11) is 0. The average molecular weight is 359 g/mol. The van der Waals surface area contributed by atoms with Gasteiger partial charge in [-0.2, -0.15) is 0 Å². The highest BCUT2D eigenvalue weighted by atomic mass is 32.1. The van der Waals surface area contributed by atoms with Crippen LogP contribution in [0.4, 0.5) is 5.69 Å². The molecule has 0 aromatic heterocycles. The van der Waals surface area contributed by atoms with Crippen molar-refractivity contribution >= 4 is 23.0 Å². The maximum atomic E-state index is 5.63. The van der Waals surface area contributed by atoms with Crippen LogP contribution in [-0.4, -0.2) is 11.7 Å². The maximum Gasteiger partial charge on any atom is 0.170 e. The van der Waals surface area contributed by atoms with Gasteiger partial charge in [0.05, 0.1) is 0 Å². The molecule has 0 atom stereocenters. The van der Waals surface area contributed by atoms with E-state index in [4.69, 9.17) is 12.2 Å². The predicted molar refractivity (Wildman–Crippen MR) is 113 cm³/mol. The zero-order chi connectivity index (χ0) is 17.6. The lowest BCUT2D eigenvalue weighted by atomic mass is 9.86. The van der Waals surface area contributed by atoms with Gasteiger partial charge in [-0.15, -0.1) is 0 Å². The molecule has 2 nitrogen and oxygen atoms in total. The summed E-state index contributed by atoms with van der Waals surface area (Å²) in [6.45, 7) is 5.44. The summed E-state index contributed by atoms with van der Waals surface area (Å²) in [5.41, 5.74) is 5.82. The van der Waals surface area contributed by atoms with E-state index < -0.39 is 0 Å². The van der Waals surface area contributed by atoms with E-state index in [1.807, 2.05) is 0 Å². The van der Waals surface area contributed by atoms with Gasteiger partial charge in [-0.05, 0) is 74.2 Å². The number of nitrogens with one attached hydrogen (secondary N) is 2. The Morgan fingerprint density at radius 2 is 1.52 bits per heavy atom. The molecule has 2 fully saturated rings. The summed E-state index contributed by atoms with van der Waals surface area (Å²) < 4.78 is 0. The molecule has 1 aromatic rings. The summed E-state index contributed by atoms with van der Waals surface area (Å²) in [4.78, 5) is 0. The van der Waals surface area contributed by atoms with E-state index in [0.29, 0.717) is 11.8 Å². The molecule has 0 heterocycles. The third-order valence-electron chi connectivity index (χ3n) is 5.99. The lowest BCUT2D eigenvalue weighted by molar-refractivity contribution is 0.702. The van der Waals surface area contributed by atoms with Crippen LogP contribution in [0.3, 0.4) is 0 Å². The normalized spacial score (nSPS) is 18.6. The lowest BCUT2D eigenvalue weighted by Crippen LogP contribution is -2.30. The van der Waals surface area contributed by atoms with Gasteiger partial charge in [-0.1, -0.05) is 56.7 Å². The summed E-state index contributed by atoms with van der Waals surface area (Å²) in [6.07, 6.45) is 13.2. The summed E-state index contributed by atoms with van der Waals surface area (Å²) >= 11 is 5.63. The second-order valence-corrected chi connectivity index (χ2v) is 8.42. The van der Waals surface area contributed by atoms with Crippen molar-refractivity contribution in [2.75, 3.05) is 11.9 Å². The molecule has 0 aliphatic heterocycles. The van der Waals surface area contributed by atoms with E-state index in [9.17, 15) is 0 Å². The van der Waals surface area contributed by atoms with Crippen LogP contribution in [0.15, 0.2) is 12.1 Å². The van der Waals surface area contributed by atoms with Crippen LogP contribution < -0.4 is 10.6 Å². The number of aryl methyl sites for hydroxylation is 1. The number of thiocarbonyl (C=S) groups is 1. The first-order valence-electron chi connectivity index (χ1n) is 10.4. The van der Waals surface area contributed by atoms with Crippen molar-refractivity contribution < 1.29 is 0 Å². The highest BCUT2D eigenvalue weighted by molar-refractivity contribution is 7.80. The molecule has 1 aromatic carbocycles. The van der Waals surface area contributed by atoms with Crippen LogP contribution in [-0.2, 0) is 0 Å². The fourth-order valence-electron chi connectivity index (χ4n) is 4.64. The van der Waals surface area contributed by atoms with Crippen LogP contribution in [0.25, 0.3) is 0 Å². The van der Waals surface area contributed by atoms with Gasteiger partial charge in [-0.3, -0.25) is 0 Å². The minimum atomic E-state index is 0.709. The van der Waals surface area contributed by atoms with E-state index in [2.05, 4.69) is 36.6 Å². The number of rotatable bonds is 6. The molecule has 2 aliphatic rings. The molecule has 2 saturated carbocycles. The first kappa shape index (κ1) is 18.7. The summed E-state index contributed by atoms with van der Waals surface area (Å²) in [5.74, 6) is 1.42. The van der Waals surface area contributed by atoms with Crippen LogP contribution >= 0.6 is 12.2 Å². The summed E-state index contributed by atoms with van der Waals surface area (Å²) in [6, 6.07) is 4.84. The van der Waals surface area contributed by atoms with Gasteiger partial charge >= 0.3 is 0 Å². The molecule has 3 rings (SSSR count). The smallest absolute Gasteiger partial charge is 0.170 e. The molecule has 0 bridgehead atoms. The Bertz CT molecular complexity index is 547. The molecule has 25 heavy (non-hydrogen) atoms. The lowest BCUT2D eigenvalue weighted by Gasteiger charge is -2.25. The van der Waals surface area contributed by atoms with Gasteiger partial charge < -0.3 is 10.6 Å². The van der Waals surface area contributed by atoms with Gasteiger partial charge in [0.25, 0.3) is 0 Å². The molecule has 138 valence electrons. The number of anilines is 1. The topological polar surface area (TPSA) is 24.1 Å². The molecular weight excluding hydrogens is 324 g/mol. The molecule has 2 N–H and O–H groups in total. The minimum Gasteiger partial charge on any atom is -0.362 e. The Hall–Kier alpha value is -1.09. The molecule has 0 unspecified atom stereocenters. The average Bonchev–Trinajstić information content (AvgIpc) is 3.30. The van der Waals surface area contributed by atoms with Gasteiger partial charge in [0, 0.05) is 12.2 Å². The van der Waals surface area contributed by atoms with Crippen molar-refractivity contribution in [3.63, 3.8) is 0 Å². The fourth-order valence-corrected chi connectivity index (χ4v) is 4.85. The Labute approximate surface area is 159 Å². The monoisotopic (exact) mass is 358 g/mol. The highest BCUT2D eigenvalue weighted by Crippen LogP contribution is 2.44. The van der Waals surface area contributed by atoms with Gasteiger partial charge in [-0.25, -0.2) is 0 Å². The quantitative estimate of drug-likeness (QED) is 0.454. The van der Waals surface area contributed by atoms with E-state index in [1.54, 1.807) is 0 Å². The van der Waals surface area contributed by atoms with E-state index in [-0.39, 0.29) is 0 Å². The number of hydrogen-bond donors (Lipinski definition) is 2. The van der Waals surface area contributed by atoms with Crippen molar-refractivity contribution in [1.29, 1.82) is 0 Å². The van der Waals surface area contributed by atoms with E-state index >= 15 is 0 Å². The van der Waals surface area contributed by atoms with Crippen LogP contribution in [0.2, 0.25) is 0 Å². The van der Waals surface area contributed by atoms with Crippen molar-refractivity contribution in [3.8, 4) is 0 Å². The number of unbranched alkanes of at least 4 members (excludes halogenated alkanes) is 1. The molecule has 0 saturated heterocycles. The Morgan fingerprint density at radius 1 is 1.00 bits per heavy atom. The van der Waals surface area contributed by atoms with Crippen LogP contribution in [0.1, 0.15) is 99.7 Å². The van der Waals surface area contributed by atoms with Gasteiger partial charge in [0.1, 0.15) is 0 Å². The first-order valence-corrected chi connectivity index (χ1v) is 10.8. The minimum absolute atomic E-state index is 0.709. The Morgan fingerprint density at radius 3 is 2.00 bits per heavy atom. The summed E-state index contributed by atoms with van der Waals surface area (Å²) in [5, 5.41) is 7.84. The third kappa shape index (κ3) is 4.75. The molecular formula is C22H34N2S. The van der Waals surface area contributed by atoms with Crippen molar-refractivity contribution in [3.05, 3.63) is 28.8 Å². The number of hydrogen-bond acceptors (Lipinski definition) is 1.